The summed E-state index contributed by atoms with van der Waals surface area (Å²) < 4.78 is 6.06. The number of hydrogen-bond acceptors (Lipinski definition) is 3. The van der Waals surface area contributed by atoms with Gasteiger partial charge in [-0.25, -0.2) is 0 Å². The molecule has 1 aromatic heterocycles. The van der Waals surface area contributed by atoms with Crippen LogP contribution < -0.4 is 10.1 Å². The molecule has 3 heteroatoms. The zero-order chi connectivity index (χ0) is 14.2. The molecule has 4 rings (SSSR count). The first kappa shape index (κ1) is 13.4. The summed E-state index contributed by atoms with van der Waals surface area (Å²) in [5.74, 6) is 1.08. The number of benzene rings is 1. The molecule has 0 saturated heterocycles. The summed E-state index contributed by atoms with van der Waals surface area (Å²) in [7, 11) is 0. The van der Waals surface area contributed by atoms with Crippen molar-refractivity contribution < 1.29 is 4.74 Å². The molecule has 0 amide bonds. The van der Waals surface area contributed by atoms with Crippen LogP contribution in [-0.4, -0.2) is 12.6 Å². The Balaban J connectivity index is 1.39. The lowest BCUT2D eigenvalue weighted by atomic mass is 9.94. The second-order valence-corrected chi connectivity index (χ2v) is 7.21. The SMILES string of the molecule is Cc1ccc2c(c1)CC(CNC1CCCc3sccc31)O2. The summed E-state index contributed by atoms with van der Waals surface area (Å²) in [5, 5.41) is 5.97. The van der Waals surface area contributed by atoms with Crippen LogP contribution in [0.5, 0.6) is 5.75 Å². The molecule has 1 aromatic carbocycles. The van der Waals surface area contributed by atoms with Crippen molar-refractivity contribution in [3.05, 3.63) is 51.2 Å². The average Bonchev–Trinajstić information content (AvgIpc) is 3.10. The molecule has 1 N–H and O–H groups in total. The second kappa shape index (κ2) is 5.47. The topological polar surface area (TPSA) is 21.3 Å². The first-order chi connectivity index (χ1) is 10.3. The highest BCUT2D eigenvalue weighted by molar-refractivity contribution is 7.10. The van der Waals surface area contributed by atoms with Crippen LogP contribution in [0.15, 0.2) is 29.6 Å². The molecule has 0 fully saturated rings. The van der Waals surface area contributed by atoms with E-state index in [2.05, 4.69) is 41.9 Å². The van der Waals surface area contributed by atoms with Gasteiger partial charge in [0.05, 0.1) is 0 Å². The maximum Gasteiger partial charge on any atom is 0.123 e. The third kappa shape index (κ3) is 2.60. The molecule has 1 aliphatic carbocycles. The van der Waals surface area contributed by atoms with Gasteiger partial charge in [-0.2, -0.15) is 0 Å². The highest BCUT2D eigenvalue weighted by atomic mass is 32.1. The van der Waals surface area contributed by atoms with Crippen molar-refractivity contribution in [1.29, 1.82) is 0 Å². The third-order valence-electron chi connectivity index (χ3n) is 4.60. The smallest absolute Gasteiger partial charge is 0.123 e. The molecule has 2 aliphatic rings. The maximum atomic E-state index is 6.06. The van der Waals surface area contributed by atoms with E-state index in [1.165, 1.54) is 36.0 Å². The van der Waals surface area contributed by atoms with Gasteiger partial charge in [0.1, 0.15) is 11.9 Å². The lowest BCUT2D eigenvalue weighted by Gasteiger charge is -2.25. The zero-order valence-electron chi connectivity index (χ0n) is 12.4. The van der Waals surface area contributed by atoms with Crippen molar-refractivity contribution in [3.63, 3.8) is 0 Å². The minimum absolute atomic E-state index is 0.283. The van der Waals surface area contributed by atoms with Crippen LogP contribution in [0.1, 0.15) is 40.5 Å². The van der Waals surface area contributed by atoms with Gasteiger partial charge in [0.25, 0.3) is 0 Å². The van der Waals surface area contributed by atoms with E-state index in [9.17, 15) is 0 Å². The summed E-state index contributed by atoms with van der Waals surface area (Å²) in [5.41, 5.74) is 4.21. The summed E-state index contributed by atoms with van der Waals surface area (Å²) in [6, 6.07) is 9.32. The number of fused-ring (bicyclic) bond motifs is 2. The number of rotatable bonds is 3. The highest BCUT2D eigenvalue weighted by Crippen LogP contribution is 2.34. The summed E-state index contributed by atoms with van der Waals surface area (Å²) in [6.45, 7) is 3.08. The van der Waals surface area contributed by atoms with Crippen molar-refractivity contribution in [3.8, 4) is 5.75 Å². The van der Waals surface area contributed by atoms with Gasteiger partial charge in [-0.1, -0.05) is 17.7 Å². The number of aryl methyl sites for hydroxylation is 2. The van der Waals surface area contributed by atoms with Gasteiger partial charge in [0, 0.05) is 23.9 Å². The van der Waals surface area contributed by atoms with Gasteiger partial charge in [-0.15, -0.1) is 11.3 Å². The van der Waals surface area contributed by atoms with E-state index in [1.807, 2.05) is 11.3 Å². The Morgan fingerprint density at radius 1 is 1.33 bits per heavy atom. The molecular formula is C18H21NOS. The van der Waals surface area contributed by atoms with Gasteiger partial charge >= 0.3 is 0 Å². The van der Waals surface area contributed by atoms with E-state index >= 15 is 0 Å². The predicted molar refractivity (Wildman–Crippen MR) is 87.3 cm³/mol. The van der Waals surface area contributed by atoms with Gasteiger partial charge in [0.2, 0.25) is 0 Å². The monoisotopic (exact) mass is 299 g/mol. The van der Waals surface area contributed by atoms with E-state index in [4.69, 9.17) is 4.74 Å². The van der Waals surface area contributed by atoms with Crippen LogP contribution in [0.25, 0.3) is 0 Å². The zero-order valence-corrected chi connectivity index (χ0v) is 13.2. The first-order valence-electron chi connectivity index (χ1n) is 7.85. The second-order valence-electron chi connectivity index (χ2n) is 6.21. The molecule has 1 aliphatic heterocycles. The Morgan fingerprint density at radius 3 is 3.24 bits per heavy atom. The van der Waals surface area contributed by atoms with Gasteiger partial charge in [-0.3, -0.25) is 0 Å². The number of ether oxygens (including phenoxy) is 1. The number of thiophene rings is 1. The standard InChI is InChI=1S/C18H21NOS/c1-12-5-6-17-13(9-12)10-14(20-17)11-19-16-3-2-4-18-15(16)7-8-21-18/h5-9,14,16,19H,2-4,10-11H2,1H3. The first-order valence-corrected chi connectivity index (χ1v) is 8.73. The Hall–Kier alpha value is -1.32. The fraction of sp³-hybridized carbons (Fsp3) is 0.444. The van der Waals surface area contributed by atoms with Crippen LogP contribution in [0.2, 0.25) is 0 Å². The van der Waals surface area contributed by atoms with Gasteiger partial charge in [-0.05, 0) is 54.8 Å². The van der Waals surface area contributed by atoms with E-state index in [0.717, 1.165) is 18.7 Å². The van der Waals surface area contributed by atoms with E-state index < -0.39 is 0 Å². The molecule has 110 valence electrons. The predicted octanol–water partition coefficient (Wildman–Crippen LogP) is 4.03. The van der Waals surface area contributed by atoms with Crippen LogP contribution in [0, 0.1) is 6.92 Å². The quantitative estimate of drug-likeness (QED) is 0.924. The minimum atomic E-state index is 0.283. The van der Waals surface area contributed by atoms with Gasteiger partial charge in [0.15, 0.2) is 0 Å². The lowest BCUT2D eigenvalue weighted by Crippen LogP contribution is -2.34. The van der Waals surface area contributed by atoms with Crippen molar-refractivity contribution in [2.45, 2.75) is 44.8 Å². The van der Waals surface area contributed by atoms with E-state index in [0.29, 0.717) is 6.04 Å². The molecule has 2 heterocycles. The summed E-state index contributed by atoms with van der Waals surface area (Å²) >= 11 is 1.91. The Labute approximate surface area is 130 Å². The molecule has 2 aromatic rings. The molecule has 0 spiro atoms. The molecule has 0 saturated carbocycles. The summed E-state index contributed by atoms with van der Waals surface area (Å²) in [6.07, 6.45) is 5.13. The summed E-state index contributed by atoms with van der Waals surface area (Å²) in [4.78, 5) is 1.57. The lowest BCUT2D eigenvalue weighted by molar-refractivity contribution is 0.219. The van der Waals surface area contributed by atoms with Crippen LogP contribution in [-0.2, 0) is 12.8 Å². The maximum absolute atomic E-state index is 6.06. The molecule has 21 heavy (non-hydrogen) atoms. The number of hydrogen-bond donors (Lipinski definition) is 1. The van der Waals surface area contributed by atoms with Crippen LogP contribution in [0.3, 0.4) is 0 Å². The Kier molecular flexibility index (Phi) is 3.48. The molecule has 0 bridgehead atoms. The van der Waals surface area contributed by atoms with Crippen LogP contribution >= 0.6 is 11.3 Å². The fourth-order valence-corrected chi connectivity index (χ4v) is 4.52. The highest BCUT2D eigenvalue weighted by Gasteiger charge is 2.26. The van der Waals surface area contributed by atoms with Crippen molar-refractivity contribution in [2.24, 2.45) is 0 Å². The van der Waals surface area contributed by atoms with Crippen molar-refractivity contribution in [1.82, 2.24) is 5.32 Å². The molecule has 2 atom stereocenters. The molecule has 0 radical (unpaired) electrons. The van der Waals surface area contributed by atoms with E-state index in [1.54, 1.807) is 4.88 Å². The van der Waals surface area contributed by atoms with Crippen LogP contribution in [0.4, 0.5) is 0 Å². The molecule has 2 nitrogen and oxygen atoms in total. The Bertz CT molecular complexity index is 648. The third-order valence-corrected chi connectivity index (χ3v) is 5.60. The number of nitrogens with one attached hydrogen (secondary N) is 1. The van der Waals surface area contributed by atoms with Gasteiger partial charge < -0.3 is 10.1 Å². The largest absolute Gasteiger partial charge is 0.488 e. The molecule has 2 unspecified atom stereocenters. The minimum Gasteiger partial charge on any atom is -0.488 e. The average molecular weight is 299 g/mol. The van der Waals surface area contributed by atoms with Crippen molar-refractivity contribution in [2.75, 3.05) is 6.54 Å². The van der Waals surface area contributed by atoms with Crippen molar-refractivity contribution >= 4 is 11.3 Å². The van der Waals surface area contributed by atoms with E-state index in [-0.39, 0.29) is 6.10 Å². The fourth-order valence-electron chi connectivity index (χ4n) is 3.54. The Morgan fingerprint density at radius 2 is 2.29 bits per heavy atom. The normalized spacial score (nSPS) is 23.5. The molecular weight excluding hydrogens is 278 g/mol.